The second-order valence-corrected chi connectivity index (χ2v) is 7.01. The Kier molecular flexibility index (Phi) is 2.32. The summed E-state index contributed by atoms with van der Waals surface area (Å²) in [5.41, 5.74) is 9.50. The predicted octanol–water partition coefficient (Wildman–Crippen LogP) is 2.76. The molecule has 2 aliphatic carbocycles. The minimum atomic E-state index is 0.0221. The monoisotopic (exact) mass is 310 g/mol. The van der Waals surface area contributed by atoms with Crippen molar-refractivity contribution in [2.75, 3.05) is 5.73 Å². The summed E-state index contributed by atoms with van der Waals surface area (Å²) >= 11 is 0. The van der Waals surface area contributed by atoms with E-state index in [1.165, 1.54) is 19.2 Å². The van der Waals surface area contributed by atoms with Gasteiger partial charge in [0.1, 0.15) is 29.3 Å². The number of aromatic nitrogens is 5. The van der Waals surface area contributed by atoms with Crippen LogP contribution in [0.5, 0.6) is 0 Å². The van der Waals surface area contributed by atoms with Crippen LogP contribution in [0.4, 0.5) is 5.82 Å². The third-order valence-electron chi connectivity index (χ3n) is 5.11. The molecule has 2 aliphatic rings. The van der Waals surface area contributed by atoms with Crippen LogP contribution >= 0.6 is 0 Å². The number of nitrogens with two attached hydrogens (primary N) is 1. The van der Waals surface area contributed by atoms with Gasteiger partial charge in [-0.2, -0.15) is 5.10 Å². The molecule has 7 nitrogen and oxygen atoms in total. The molecule has 2 N–H and O–H groups in total. The summed E-state index contributed by atoms with van der Waals surface area (Å²) in [6, 6.07) is 0. The van der Waals surface area contributed by atoms with Crippen molar-refractivity contribution < 1.29 is 4.52 Å². The zero-order valence-corrected chi connectivity index (χ0v) is 13.2. The normalized spacial score (nSPS) is 19.4. The molecule has 0 atom stereocenters. The van der Waals surface area contributed by atoms with Crippen LogP contribution in [-0.2, 0) is 5.54 Å². The van der Waals surface area contributed by atoms with E-state index < -0.39 is 0 Å². The Balaban J connectivity index is 1.78. The molecule has 3 heterocycles. The summed E-state index contributed by atoms with van der Waals surface area (Å²) < 4.78 is 7.58. The fourth-order valence-corrected chi connectivity index (χ4v) is 3.20. The van der Waals surface area contributed by atoms with Gasteiger partial charge in [0.2, 0.25) is 0 Å². The molecule has 3 aromatic rings. The van der Waals surface area contributed by atoms with Crippen molar-refractivity contribution in [2.24, 2.45) is 0 Å². The highest BCUT2D eigenvalue weighted by molar-refractivity contribution is 5.98. The molecule has 7 heteroatoms. The third-order valence-corrected chi connectivity index (χ3v) is 5.11. The van der Waals surface area contributed by atoms with E-state index >= 15 is 0 Å². The number of rotatable bonds is 3. The average Bonchev–Trinajstić information content (AvgIpc) is 3.43. The van der Waals surface area contributed by atoms with Crippen LogP contribution in [-0.4, -0.2) is 24.9 Å². The highest BCUT2D eigenvalue weighted by Gasteiger charge is 2.43. The molecule has 0 saturated heterocycles. The maximum atomic E-state index is 6.14. The van der Waals surface area contributed by atoms with Crippen LogP contribution in [0.15, 0.2) is 10.9 Å². The second kappa shape index (κ2) is 4.10. The number of fused-ring (bicyclic) bond motifs is 1. The van der Waals surface area contributed by atoms with Crippen molar-refractivity contribution in [3.8, 4) is 11.4 Å². The van der Waals surface area contributed by atoms with E-state index in [0.717, 1.165) is 46.6 Å². The molecular formula is C16H18N6O. The second-order valence-electron chi connectivity index (χ2n) is 7.01. The lowest BCUT2D eigenvalue weighted by molar-refractivity contribution is 0.385. The molecule has 0 aliphatic heterocycles. The van der Waals surface area contributed by atoms with Crippen molar-refractivity contribution in [2.45, 2.75) is 51.0 Å². The van der Waals surface area contributed by atoms with Gasteiger partial charge in [0.05, 0.1) is 10.9 Å². The van der Waals surface area contributed by atoms with Crippen LogP contribution < -0.4 is 5.73 Å². The van der Waals surface area contributed by atoms with Crippen LogP contribution in [0, 0.1) is 6.92 Å². The summed E-state index contributed by atoms with van der Waals surface area (Å²) in [5, 5.41) is 9.89. The number of hydrogen-bond acceptors (Lipinski definition) is 6. The third kappa shape index (κ3) is 1.76. The minimum absolute atomic E-state index is 0.0221. The van der Waals surface area contributed by atoms with Gasteiger partial charge in [-0.05, 0) is 39.5 Å². The van der Waals surface area contributed by atoms with E-state index in [1.54, 1.807) is 0 Å². The first-order chi connectivity index (χ1) is 11.1. The van der Waals surface area contributed by atoms with Crippen molar-refractivity contribution in [1.29, 1.82) is 0 Å². The number of hydrogen-bond donors (Lipinski definition) is 1. The fourth-order valence-electron chi connectivity index (χ4n) is 3.20. The summed E-state index contributed by atoms with van der Waals surface area (Å²) in [5.74, 6) is 1.94. The molecule has 0 bridgehead atoms. The molecule has 2 saturated carbocycles. The van der Waals surface area contributed by atoms with Gasteiger partial charge in [-0.3, -0.25) is 0 Å². The van der Waals surface area contributed by atoms with E-state index in [2.05, 4.69) is 22.0 Å². The largest absolute Gasteiger partial charge is 0.383 e. The molecule has 0 radical (unpaired) electrons. The quantitative estimate of drug-likeness (QED) is 0.799. The standard InChI is InChI=1S/C16H18N6O/c1-8-11(21-23-13(8)9-3-4-9)12-10-14(17)18-7-19-15(10)22(20-12)16(2)5-6-16/h7,9H,3-6H2,1-2H3,(H2,17,18,19). The van der Waals surface area contributed by atoms with Gasteiger partial charge in [0, 0.05) is 11.5 Å². The van der Waals surface area contributed by atoms with Gasteiger partial charge in [0.15, 0.2) is 5.65 Å². The average molecular weight is 310 g/mol. The van der Waals surface area contributed by atoms with Crippen LogP contribution in [0.2, 0.25) is 0 Å². The maximum Gasteiger partial charge on any atom is 0.164 e. The van der Waals surface area contributed by atoms with Crippen LogP contribution in [0.25, 0.3) is 22.4 Å². The summed E-state index contributed by atoms with van der Waals surface area (Å²) in [7, 11) is 0. The van der Waals surface area contributed by atoms with Gasteiger partial charge in [-0.1, -0.05) is 5.16 Å². The van der Waals surface area contributed by atoms with Gasteiger partial charge in [-0.25, -0.2) is 14.6 Å². The first kappa shape index (κ1) is 13.0. The van der Waals surface area contributed by atoms with E-state index in [1.807, 2.05) is 11.6 Å². The highest BCUT2D eigenvalue weighted by Crippen LogP contribution is 2.47. The molecule has 0 amide bonds. The molecule has 118 valence electrons. The number of nitrogens with zero attached hydrogens (tertiary/aromatic N) is 5. The van der Waals surface area contributed by atoms with E-state index in [-0.39, 0.29) is 5.54 Å². The van der Waals surface area contributed by atoms with Crippen LogP contribution in [0.1, 0.15) is 49.8 Å². The Morgan fingerprint density at radius 2 is 2.04 bits per heavy atom. The van der Waals surface area contributed by atoms with Crippen molar-refractivity contribution >= 4 is 16.9 Å². The van der Waals surface area contributed by atoms with Gasteiger partial charge < -0.3 is 10.3 Å². The smallest absolute Gasteiger partial charge is 0.164 e. The van der Waals surface area contributed by atoms with Crippen LogP contribution in [0.3, 0.4) is 0 Å². The first-order valence-electron chi connectivity index (χ1n) is 8.05. The van der Waals surface area contributed by atoms with Gasteiger partial charge >= 0.3 is 0 Å². The Hall–Kier alpha value is -2.44. The Bertz CT molecular complexity index is 932. The predicted molar refractivity (Wildman–Crippen MR) is 84.8 cm³/mol. The number of nitrogen functional groups attached to an aromatic ring is 1. The van der Waals surface area contributed by atoms with Crippen molar-refractivity contribution in [1.82, 2.24) is 24.9 Å². The summed E-state index contributed by atoms with van der Waals surface area (Å²) in [6.45, 7) is 4.23. The van der Waals surface area contributed by atoms with Crippen molar-refractivity contribution in [3.05, 3.63) is 17.7 Å². The zero-order valence-electron chi connectivity index (χ0n) is 13.2. The molecular weight excluding hydrogens is 292 g/mol. The first-order valence-corrected chi connectivity index (χ1v) is 8.05. The van der Waals surface area contributed by atoms with E-state index in [4.69, 9.17) is 15.4 Å². The summed E-state index contributed by atoms with van der Waals surface area (Å²) in [4.78, 5) is 8.58. The molecule has 5 rings (SSSR count). The van der Waals surface area contributed by atoms with E-state index in [0.29, 0.717) is 11.7 Å². The van der Waals surface area contributed by atoms with Crippen molar-refractivity contribution in [3.63, 3.8) is 0 Å². The Morgan fingerprint density at radius 3 is 2.74 bits per heavy atom. The molecule has 3 aromatic heterocycles. The lowest BCUT2D eigenvalue weighted by atomic mass is 10.1. The SMILES string of the molecule is Cc1c(-c2nn(C3(C)CC3)c3ncnc(N)c23)noc1C1CC1. The minimum Gasteiger partial charge on any atom is -0.383 e. The topological polar surface area (TPSA) is 95.7 Å². The lowest BCUT2D eigenvalue weighted by Gasteiger charge is -2.09. The molecule has 2 fully saturated rings. The zero-order chi connectivity index (χ0) is 15.8. The summed E-state index contributed by atoms with van der Waals surface area (Å²) in [6.07, 6.45) is 6.04. The maximum absolute atomic E-state index is 6.14. The van der Waals surface area contributed by atoms with E-state index in [9.17, 15) is 0 Å². The number of anilines is 1. The molecule has 23 heavy (non-hydrogen) atoms. The van der Waals surface area contributed by atoms with Gasteiger partial charge in [-0.15, -0.1) is 0 Å². The Morgan fingerprint density at radius 1 is 1.26 bits per heavy atom. The van der Waals surface area contributed by atoms with Gasteiger partial charge in [0.25, 0.3) is 0 Å². The lowest BCUT2D eigenvalue weighted by Crippen LogP contribution is -2.14. The Labute approximate surface area is 132 Å². The fraction of sp³-hybridized carbons (Fsp3) is 0.500. The molecule has 0 aromatic carbocycles. The molecule has 0 spiro atoms. The highest BCUT2D eigenvalue weighted by atomic mass is 16.5. The molecule has 0 unspecified atom stereocenters.